The van der Waals surface area contributed by atoms with E-state index in [2.05, 4.69) is 6.92 Å². The average molecular weight is 372 g/mol. The highest BCUT2D eigenvalue weighted by Gasteiger charge is 2.25. The van der Waals surface area contributed by atoms with Gasteiger partial charge in [0.05, 0.1) is 0 Å². The van der Waals surface area contributed by atoms with Crippen molar-refractivity contribution in [2.75, 3.05) is 19.6 Å². The van der Waals surface area contributed by atoms with Gasteiger partial charge in [-0.3, -0.25) is 14.5 Å². The van der Waals surface area contributed by atoms with E-state index in [4.69, 9.17) is 11.5 Å². The topological polar surface area (TPSA) is 110 Å². The molecule has 0 saturated heterocycles. The molecule has 0 bridgehead atoms. The van der Waals surface area contributed by atoms with Gasteiger partial charge in [0.1, 0.15) is 6.04 Å². The fourth-order valence-corrected chi connectivity index (χ4v) is 3.26. The summed E-state index contributed by atoms with van der Waals surface area (Å²) in [5, 5.41) is 9.49. The molecule has 0 aromatic carbocycles. The molecule has 1 unspecified atom stereocenters. The SMILES string of the molecule is CCCCCCCCCCCCN(CCCN)C(CCC(N)=O)C(=O)O. The molecule has 154 valence electrons. The summed E-state index contributed by atoms with van der Waals surface area (Å²) in [4.78, 5) is 24.5. The van der Waals surface area contributed by atoms with Gasteiger partial charge in [0, 0.05) is 13.0 Å². The predicted octanol–water partition coefficient (Wildman–Crippen LogP) is 3.28. The zero-order chi connectivity index (χ0) is 19.6. The van der Waals surface area contributed by atoms with E-state index in [1.165, 1.54) is 51.4 Å². The van der Waals surface area contributed by atoms with Crippen LogP contribution in [0.15, 0.2) is 0 Å². The number of nitrogens with two attached hydrogens (primary N) is 2. The first-order chi connectivity index (χ1) is 12.5. The molecule has 0 heterocycles. The third-order valence-electron chi connectivity index (χ3n) is 4.84. The van der Waals surface area contributed by atoms with Crippen molar-refractivity contribution in [3.05, 3.63) is 0 Å². The van der Waals surface area contributed by atoms with Crippen molar-refractivity contribution in [1.29, 1.82) is 0 Å². The summed E-state index contributed by atoms with van der Waals surface area (Å²) in [7, 11) is 0. The van der Waals surface area contributed by atoms with Crippen molar-refractivity contribution < 1.29 is 14.7 Å². The molecule has 0 radical (unpaired) electrons. The zero-order valence-electron chi connectivity index (χ0n) is 16.8. The van der Waals surface area contributed by atoms with Crippen LogP contribution < -0.4 is 11.5 Å². The highest BCUT2D eigenvalue weighted by Crippen LogP contribution is 2.13. The van der Waals surface area contributed by atoms with Gasteiger partial charge in [-0.05, 0) is 32.4 Å². The molecule has 0 aromatic heterocycles. The highest BCUT2D eigenvalue weighted by molar-refractivity contribution is 5.77. The second-order valence-corrected chi connectivity index (χ2v) is 7.22. The van der Waals surface area contributed by atoms with Gasteiger partial charge in [0.2, 0.25) is 5.91 Å². The lowest BCUT2D eigenvalue weighted by Gasteiger charge is -2.28. The number of carboxylic acid groups (broad SMARTS) is 1. The summed E-state index contributed by atoms with van der Waals surface area (Å²) in [6.07, 6.45) is 13.7. The van der Waals surface area contributed by atoms with E-state index in [0.717, 1.165) is 25.8 Å². The number of amides is 1. The molecule has 0 aliphatic rings. The van der Waals surface area contributed by atoms with E-state index < -0.39 is 17.9 Å². The number of primary amides is 1. The van der Waals surface area contributed by atoms with E-state index in [1.54, 1.807) is 0 Å². The van der Waals surface area contributed by atoms with Gasteiger partial charge in [0.25, 0.3) is 0 Å². The van der Waals surface area contributed by atoms with Crippen LogP contribution >= 0.6 is 0 Å². The first-order valence-corrected chi connectivity index (χ1v) is 10.5. The summed E-state index contributed by atoms with van der Waals surface area (Å²) in [6, 6.07) is -0.646. The number of carbonyl (C=O) groups is 2. The molecule has 5 N–H and O–H groups in total. The summed E-state index contributed by atoms with van der Waals surface area (Å²) in [5.74, 6) is -1.33. The Morgan fingerprint density at radius 1 is 0.885 bits per heavy atom. The Morgan fingerprint density at radius 3 is 1.85 bits per heavy atom. The van der Waals surface area contributed by atoms with Crippen LogP contribution in [-0.4, -0.2) is 47.6 Å². The minimum Gasteiger partial charge on any atom is -0.480 e. The Labute approximate surface area is 159 Å². The minimum absolute atomic E-state index is 0.105. The molecule has 26 heavy (non-hydrogen) atoms. The summed E-state index contributed by atoms with van der Waals surface area (Å²) < 4.78 is 0. The third kappa shape index (κ3) is 14.1. The van der Waals surface area contributed by atoms with Crippen LogP contribution in [-0.2, 0) is 9.59 Å². The number of rotatable bonds is 19. The van der Waals surface area contributed by atoms with Crippen LogP contribution in [0.25, 0.3) is 0 Å². The van der Waals surface area contributed by atoms with E-state index >= 15 is 0 Å². The lowest BCUT2D eigenvalue weighted by atomic mass is 10.1. The summed E-state index contributed by atoms with van der Waals surface area (Å²) >= 11 is 0. The van der Waals surface area contributed by atoms with Gasteiger partial charge in [0.15, 0.2) is 0 Å². The van der Waals surface area contributed by atoms with E-state index in [9.17, 15) is 14.7 Å². The number of carboxylic acids is 1. The molecule has 1 atom stereocenters. The second kappa shape index (κ2) is 17.3. The van der Waals surface area contributed by atoms with Crippen molar-refractivity contribution >= 4 is 11.9 Å². The van der Waals surface area contributed by atoms with Gasteiger partial charge < -0.3 is 16.6 Å². The lowest BCUT2D eigenvalue weighted by molar-refractivity contribution is -0.143. The third-order valence-corrected chi connectivity index (χ3v) is 4.84. The number of carbonyl (C=O) groups excluding carboxylic acids is 1. The number of hydrogen-bond acceptors (Lipinski definition) is 4. The molecule has 0 spiro atoms. The maximum atomic E-state index is 11.6. The molecule has 0 aliphatic heterocycles. The van der Waals surface area contributed by atoms with Crippen molar-refractivity contribution in [3.63, 3.8) is 0 Å². The predicted molar refractivity (Wildman–Crippen MR) is 107 cm³/mol. The van der Waals surface area contributed by atoms with Crippen LogP contribution in [0.1, 0.15) is 90.4 Å². The number of unbranched alkanes of at least 4 members (excludes halogenated alkanes) is 9. The highest BCUT2D eigenvalue weighted by atomic mass is 16.4. The van der Waals surface area contributed by atoms with Crippen LogP contribution in [0.2, 0.25) is 0 Å². The average Bonchev–Trinajstić information content (AvgIpc) is 2.60. The van der Waals surface area contributed by atoms with Crippen molar-refractivity contribution in [1.82, 2.24) is 4.90 Å². The Balaban J connectivity index is 4.07. The first kappa shape index (κ1) is 24.9. The van der Waals surface area contributed by atoms with Crippen molar-refractivity contribution in [2.45, 2.75) is 96.4 Å². The van der Waals surface area contributed by atoms with Gasteiger partial charge in [-0.1, -0.05) is 64.7 Å². The maximum Gasteiger partial charge on any atom is 0.320 e. The van der Waals surface area contributed by atoms with E-state index in [1.807, 2.05) is 4.90 Å². The normalized spacial score (nSPS) is 12.4. The largest absolute Gasteiger partial charge is 0.480 e. The monoisotopic (exact) mass is 371 g/mol. The maximum absolute atomic E-state index is 11.6. The fraction of sp³-hybridized carbons (Fsp3) is 0.900. The summed E-state index contributed by atoms with van der Waals surface area (Å²) in [5.41, 5.74) is 10.8. The van der Waals surface area contributed by atoms with Crippen LogP contribution in [0, 0.1) is 0 Å². The minimum atomic E-state index is -0.879. The van der Waals surface area contributed by atoms with Gasteiger partial charge >= 0.3 is 5.97 Å². The Bertz CT molecular complexity index is 364. The van der Waals surface area contributed by atoms with Gasteiger partial charge in [-0.15, -0.1) is 0 Å². The number of nitrogens with zero attached hydrogens (tertiary/aromatic N) is 1. The van der Waals surface area contributed by atoms with Crippen molar-refractivity contribution in [2.24, 2.45) is 11.5 Å². The molecule has 1 amide bonds. The molecule has 0 fully saturated rings. The van der Waals surface area contributed by atoms with Crippen LogP contribution in [0.5, 0.6) is 0 Å². The number of hydrogen-bond donors (Lipinski definition) is 3. The molecule has 0 aliphatic carbocycles. The second-order valence-electron chi connectivity index (χ2n) is 7.22. The molecule has 0 rings (SSSR count). The first-order valence-electron chi connectivity index (χ1n) is 10.5. The van der Waals surface area contributed by atoms with Crippen LogP contribution in [0.4, 0.5) is 0 Å². The van der Waals surface area contributed by atoms with Crippen molar-refractivity contribution in [3.8, 4) is 0 Å². The standard InChI is InChI=1S/C20H41N3O3/c1-2-3-4-5-6-7-8-9-10-11-16-23(17-12-15-21)18(20(25)26)13-14-19(22)24/h18H,2-17,21H2,1H3,(H2,22,24)(H,25,26). The Hall–Kier alpha value is -1.14. The molecule has 0 aromatic rings. The van der Waals surface area contributed by atoms with E-state index in [0.29, 0.717) is 13.1 Å². The quantitative estimate of drug-likeness (QED) is 0.302. The molecule has 6 nitrogen and oxygen atoms in total. The zero-order valence-corrected chi connectivity index (χ0v) is 16.8. The molecule has 6 heteroatoms. The van der Waals surface area contributed by atoms with E-state index in [-0.39, 0.29) is 12.8 Å². The van der Waals surface area contributed by atoms with Crippen LogP contribution in [0.3, 0.4) is 0 Å². The Kier molecular flexibility index (Phi) is 16.5. The lowest BCUT2D eigenvalue weighted by Crippen LogP contribution is -2.43. The molecular weight excluding hydrogens is 330 g/mol. The molecule has 0 saturated carbocycles. The van der Waals surface area contributed by atoms with Gasteiger partial charge in [-0.25, -0.2) is 0 Å². The smallest absolute Gasteiger partial charge is 0.320 e. The Morgan fingerprint density at radius 2 is 1.38 bits per heavy atom. The number of aliphatic carboxylic acids is 1. The fourth-order valence-electron chi connectivity index (χ4n) is 3.26. The molecular formula is C20H41N3O3. The summed E-state index contributed by atoms with van der Waals surface area (Å²) in [6.45, 7) is 4.17. The van der Waals surface area contributed by atoms with Gasteiger partial charge in [-0.2, -0.15) is 0 Å².